The van der Waals surface area contributed by atoms with Crippen LogP contribution in [0.15, 0.2) is 52.4 Å². The summed E-state index contributed by atoms with van der Waals surface area (Å²) in [6.07, 6.45) is 2.09. The monoisotopic (exact) mass is 384 g/mol. The van der Waals surface area contributed by atoms with E-state index >= 15 is 0 Å². The summed E-state index contributed by atoms with van der Waals surface area (Å²) >= 11 is 1.75. The summed E-state index contributed by atoms with van der Waals surface area (Å²) in [7, 11) is 1.76. The molecule has 2 aromatic carbocycles. The molecule has 0 aliphatic heterocycles. The number of guanidine groups is 1. The molecule has 0 unspecified atom stereocenters. The summed E-state index contributed by atoms with van der Waals surface area (Å²) in [5.41, 5.74) is 4.28. The Morgan fingerprint density at radius 2 is 1.74 bits per heavy atom. The van der Waals surface area contributed by atoms with E-state index in [0.717, 1.165) is 11.5 Å². The Morgan fingerprint density at radius 1 is 1.04 bits per heavy atom. The molecule has 27 heavy (non-hydrogen) atoms. The standard InChI is InChI=1S/C21H28N4OS/c1-5-23-20(26)17-10-7-16(8-11-17)13-24-21(22-3)25-14-18-9-6-15(2)12-19(18)27-4/h6-12H,5,13-14H2,1-4H3,(H,23,26)(H2,22,24,25). The molecule has 0 aliphatic rings. The smallest absolute Gasteiger partial charge is 0.251 e. The van der Waals surface area contributed by atoms with E-state index in [-0.39, 0.29) is 5.91 Å². The van der Waals surface area contributed by atoms with E-state index in [4.69, 9.17) is 0 Å². The fraction of sp³-hybridized carbons (Fsp3) is 0.333. The summed E-state index contributed by atoms with van der Waals surface area (Å²) in [5, 5.41) is 9.47. The number of hydrogen-bond donors (Lipinski definition) is 3. The minimum Gasteiger partial charge on any atom is -0.352 e. The third kappa shape index (κ3) is 6.32. The Kier molecular flexibility index (Phi) is 8.20. The fourth-order valence-electron chi connectivity index (χ4n) is 2.62. The highest BCUT2D eigenvalue weighted by Gasteiger charge is 2.06. The maximum absolute atomic E-state index is 11.8. The van der Waals surface area contributed by atoms with Crippen molar-refractivity contribution in [3.8, 4) is 0 Å². The molecule has 0 fully saturated rings. The van der Waals surface area contributed by atoms with E-state index in [9.17, 15) is 4.79 Å². The van der Waals surface area contributed by atoms with Gasteiger partial charge in [-0.3, -0.25) is 9.79 Å². The number of carbonyl (C=O) groups excluding carboxylic acids is 1. The number of rotatable bonds is 7. The van der Waals surface area contributed by atoms with Crippen molar-refractivity contribution in [3.05, 3.63) is 64.7 Å². The molecular weight excluding hydrogens is 356 g/mol. The first kappa shape index (κ1) is 20.8. The van der Waals surface area contributed by atoms with Crippen LogP contribution >= 0.6 is 11.8 Å². The summed E-state index contributed by atoms with van der Waals surface area (Å²) < 4.78 is 0. The summed E-state index contributed by atoms with van der Waals surface area (Å²) in [6, 6.07) is 14.1. The molecule has 2 aromatic rings. The highest BCUT2D eigenvalue weighted by molar-refractivity contribution is 7.98. The first-order valence-electron chi connectivity index (χ1n) is 9.02. The van der Waals surface area contributed by atoms with Crippen LogP contribution in [0.5, 0.6) is 0 Å². The van der Waals surface area contributed by atoms with Gasteiger partial charge < -0.3 is 16.0 Å². The molecule has 0 bridgehead atoms. The van der Waals surface area contributed by atoms with E-state index in [0.29, 0.717) is 25.2 Å². The van der Waals surface area contributed by atoms with Crippen molar-refractivity contribution >= 4 is 23.6 Å². The van der Waals surface area contributed by atoms with Gasteiger partial charge >= 0.3 is 0 Å². The molecule has 0 atom stereocenters. The minimum absolute atomic E-state index is 0.0443. The zero-order chi connectivity index (χ0) is 19.6. The number of benzene rings is 2. The van der Waals surface area contributed by atoms with Gasteiger partial charge in [-0.2, -0.15) is 0 Å². The SMILES string of the molecule is CCNC(=O)c1ccc(CNC(=NC)NCc2ccc(C)cc2SC)cc1. The first-order chi connectivity index (χ1) is 13.1. The molecule has 144 valence electrons. The first-order valence-corrected chi connectivity index (χ1v) is 10.2. The van der Waals surface area contributed by atoms with E-state index in [1.54, 1.807) is 18.8 Å². The average molecular weight is 385 g/mol. The largest absolute Gasteiger partial charge is 0.352 e. The number of aryl methyl sites for hydroxylation is 1. The van der Waals surface area contributed by atoms with Crippen LogP contribution in [-0.2, 0) is 13.1 Å². The Balaban J connectivity index is 1.89. The van der Waals surface area contributed by atoms with Gasteiger partial charge in [-0.05, 0) is 55.0 Å². The lowest BCUT2D eigenvalue weighted by molar-refractivity contribution is 0.0956. The summed E-state index contributed by atoms with van der Waals surface area (Å²) in [4.78, 5) is 17.4. The van der Waals surface area contributed by atoms with Crippen LogP contribution in [0.3, 0.4) is 0 Å². The van der Waals surface area contributed by atoms with E-state index < -0.39 is 0 Å². The van der Waals surface area contributed by atoms with E-state index in [1.165, 1.54) is 16.0 Å². The molecule has 0 heterocycles. The Bertz CT molecular complexity index is 787. The third-order valence-corrected chi connectivity index (χ3v) is 4.95. The molecule has 0 aromatic heterocycles. The molecule has 0 spiro atoms. The number of hydrogen-bond acceptors (Lipinski definition) is 3. The van der Waals surface area contributed by atoms with Gasteiger partial charge in [0, 0.05) is 37.1 Å². The number of amides is 1. The molecule has 0 saturated carbocycles. The van der Waals surface area contributed by atoms with Gasteiger partial charge in [0.2, 0.25) is 0 Å². The second-order valence-corrected chi connectivity index (χ2v) is 7.00. The van der Waals surface area contributed by atoms with Gasteiger partial charge in [0.15, 0.2) is 5.96 Å². The van der Waals surface area contributed by atoms with Crippen LogP contribution in [0, 0.1) is 6.92 Å². The molecule has 0 saturated heterocycles. The normalized spacial score (nSPS) is 11.2. The van der Waals surface area contributed by atoms with Crippen LogP contribution < -0.4 is 16.0 Å². The molecule has 0 aliphatic carbocycles. The second kappa shape index (κ2) is 10.6. The summed E-state index contributed by atoms with van der Waals surface area (Å²) in [5.74, 6) is 0.701. The van der Waals surface area contributed by atoms with Crippen molar-refractivity contribution < 1.29 is 4.79 Å². The topological polar surface area (TPSA) is 65.5 Å². The molecule has 3 N–H and O–H groups in total. The van der Waals surface area contributed by atoms with E-state index in [2.05, 4.69) is 52.3 Å². The van der Waals surface area contributed by atoms with Crippen LogP contribution in [0.4, 0.5) is 0 Å². The van der Waals surface area contributed by atoms with Crippen molar-refractivity contribution in [1.29, 1.82) is 0 Å². The highest BCUT2D eigenvalue weighted by atomic mass is 32.2. The lowest BCUT2D eigenvalue weighted by Crippen LogP contribution is -2.36. The molecular formula is C21H28N4OS. The number of nitrogens with zero attached hydrogens (tertiary/aromatic N) is 1. The predicted molar refractivity (Wildman–Crippen MR) is 114 cm³/mol. The van der Waals surface area contributed by atoms with Gasteiger partial charge in [-0.25, -0.2) is 0 Å². The quantitative estimate of drug-likeness (QED) is 0.389. The molecule has 2 rings (SSSR count). The summed E-state index contributed by atoms with van der Waals surface area (Å²) in [6.45, 7) is 6.00. The zero-order valence-electron chi connectivity index (χ0n) is 16.4. The van der Waals surface area contributed by atoms with Gasteiger partial charge in [0.1, 0.15) is 0 Å². The number of carbonyl (C=O) groups is 1. The van der Waals surface area contributed by atoms with Crippen molar-refractivity contribution in [3.63, 3.8) is 0 Å². The van der Waals surface area contributed by atoms with E-state index in [1.807, 2.05) is 31.2 Å². The fourth-order valence-corrected chi connectivity index (χ4v) is 3.33. The zero-order valence-corrected chi connectivity index (χ0v) is 17.2. The number of thioether (sulfide) groups is 1. The van der Waals surface area contributed by atoms with Crippen molar-refractivity contribution in [1.82, 2.24) is 16.0 Å². The number of nitrogens with one attached hydrogen (secondary N) is 3. The average Bonchev–Trinajstić information content (AvgIpc) is 2.69. The molecule has 6 heteroatoms. The molecule has 5 nitrogen and oxygen atoms in total. The lowest BCUT2D eigenvalue weighted by Gasteiger charge is -2.14. The van der Waals surface area contributed by atoms with Crippen molar-refractivity contribution in [2.75, 3.05) is 19.8 Å². The molecule has 0 radical (unpaired) electrons. The Morgan fingerprint density at radius 3 is 2.37 bits per heavy atom. The Labute approximate surface area is 166 Å². The lowest BCUT2D eigenvalue weighted by atomic mass is 10.1. The Hall–Kier alpha value is -2.47. The number of aliphatic imine (C=N–C) groups is 1. The van der Waals surface area contributed by atoms with Crippen LogP contribution in [0.2, 0.25) is 0 Å². The predicted octanol–water partition coefficient (Wildman–Crippen LogP) is 3.33. The minimum atomic E-state index is -0.0443. The van der Waals surface area contributed by atoms with Crippen LogP contribution in [0.1, 0.15) is 34.0 Å². The maximum Gasteiger partial charge on any atom is 0.251 e. The van der Waals surface area contributed by atoms with Gasteiger partial charge in [-0.15, -0.1) is 11.8 Å². The maximum atomic E-state index is 11.8. The van der Waals surface area contributed by atoms with Gasteiger partial charge in [0.25, 0.3) is 5.91 Å². The highest BCUT2D eigenvalue weighted by Crippen LogP contribution is 2.21. The van der Waals surface area contributed by atoms with Gasteiger partial charge in [-0.1, -0.05) is 24.3 Å². The van der Waals surface area contributed by atoms with Crippen LogP contribution in [0.25, 0.3) is 0 Å². The molecule has 1 amide bonds. The van der Waals surface area contributed by atoms with Crippen molar-refractivity contribution in [2.45, 2.75) is 31.8 Å². The second-order valence-electron chi connectivity index (χ2n) is 6.15. The third-order valence-electron chi connectivity index (χ3n) is 4.13. The van der Waals surface area contributed by atoms with Crippen LogP contribution in [-0.4, -0.2) is 31.7 Å². The van der Waals surface area contributed by atoms with Gasteiger partial charge in [0.05, 0.1) is 0 Å². The van der Waals surface area contributed by atoms with Crippen molar-refractivity contribution in [2.24, 2.45) is 4.99 Å².